The van der Waals surface area contributed by atoms with Crippen LogP contribution in [0.5, 0.6) is 0 Å². The van der Waals surface area contributed by atoms with Gasteiger partial charge in [-0.15, -0.1) is 0 Å². The van der Waals surface area contributed by atoms with Crippen molar-refractivity contribution in [3.8, 4) is 0 Å². The first-order chi connectivity index (χ1) is 12.5. The minimum absolute atomic E-state index is 0.0856. The van der Waals surface area contributed by atoms with Crippen LogP contribution >= 0.6 is 23.5 Å². The monoisotopic (exact) mass is 388 g/mol. The Kier molecular flexibility index (Phi) is 5.34. The molecule has 0 bridgehead atoms. The standard InChI is InChI=1S/C14H8N6O4S2/c21-19(22)9-1-3-11(16-7-9)25-13-5-6-15-14(18-13)26-12-4-2-10(8-17-12)20(23)24/h1-8H. The van der Waals surface area contributed by atoms with Gasteiger partial charge in [0.25, 0.3) is 11.4 Å². The van der Waals surface area contributed by atoms with E-state index in [1.54, 1.807) is 12.3 Å². The normalized spacial score (nSPS) is 10.5. The molecule has 3 aromatic heterocycles. The molecular weight excluding hydrogens is 380 g/mol. The number of hydrogen-bond acceptors (Lipinski definition) is 10. The van der Waals surface area contributed by atoms with Gasteiger partial charge in [0.05, 0.1) is 9.85 Å². The predicted octanol–water partition coefficient (Wildman–Crippen LogP) is 3.39. The number of aromatic nitrogens is 4. The van der Waals surface area contributed by atoms with E-state index in [1.165, 1.54) is 48.4 Å². The van der Waals surface area contributed by atoms with Crippen molar-refractivity contribution in [2.24, 2.45) is 0 Å². The maximum Gasteiger partial charge on any atom is 0.287 e. The average molecular weight is 388 g/mol. The van der Waals surface area contributed by atoms with Crippen LogP contribution in [-0.2, 0) is 0 Å². The molecule has 0 aliphatic heterocycles. The van der Waals surface area contributed by atoms with Crippen LogP contribution in [0.2, 0.25) is 0 Å². The number of pyridine rings is 2. The Bertz CT molecular complexity index is 878. The molecule has 0 aliphatic carbocycles. The fourth-order valence-electron chi connectivity index (χ4n) is 1.71. The molecule has 0 fully saturated rings. The fourth-order valence-corrected chi connectivity index (χ4v) is 3.17. The summed E-state index contributed by atoms with van der Waals surface area (Å²) in [6.45, 7) is 0. The van der Waals surface area contributed by atoms with Crippen molar-refractivity contribution in [2.45, 2.75) is 20.2 Å². The molecule has 3 rings (SSSR count). The first kappa shape index (κ1) is 17.7. The summed E-state index contributed by atoms with van der Waals surface area (Å²) in [5, 5.41) is 23.4. The van der Waals surface area contributed by atoms with Crippen molar-refractivity contribution in [1.82, 2.24) is 19.9 Å². The molecular formula is C14H8N6O4S2. The molecule has 0 saturated carbocycles. The lowest BCUT2D eigenvalue weighted by Crippen LogP contribution is -1.92. The second kappa shape index (κ2) is 7.84. The van der Waals surface area contributed by atoms with Gasteiger partial charge >= 0.3 is 0 Å². The zero-order valence-electron chi connectivity index (χ0n) is 12.8. The quantitative estimate of drug-likeness (QED) is 0.267. The Morgan fingerprint density at radius 3 is 1.81 bits per heavy atom. The topological polar surface area (TPSA) is 138 Å². The van der Waals surface area contributed by atoms with Crippen molar-refractivity contribution in [1.29, 1.82) is 0 Å². The maximum atomic E-state index is 10.6. The second-order valence-electron chi connectivity index (χ2n) is 4.61. The van der Waals surface area contributed by atoms with E-state index >= 15 is 0 Å². The summed E-state index contributed by atoms with van der Waals surface area (Å²) in [5.41, 5.74) is -0.179. The molecule has 10 nitrogen and oxygen atoms in total. The summed E-state index contributed by atoms with van der Waals surface area (Å²) >= 11 is 2.39. The largest absolute Gasteiger partial charge is 0.287 e. The van der Waals surface area contributed by atoms with Crippen LogP contribution in [0, 0.1) is 20.2 Å². The number of nitrogens with zero attached hydrogens (tertiary/aromatic N) is 6. The first-order valence-corrected chi connectivity index (χ1v) is 8.54. The molecule has 0 aliphatic rings. The molecule has 0 atom stereocenters. The molecule has 0 spiro atoms. The number of hydrogen-bond donors (Lipinski definition) is 0. The van der Waals surface area contributed by atoms with Crippen molar-refractivity contribution in [3.05, 3.63) is 69.2 Å². The fraction of sp³-hybridized carbons (Fsp3) is 0. The van der Waals surface area contributed by atoms with E-state index in [-0.39, 0.29) is 11.4 Å². The molecule has 0 aromatic carbocycles. The summed E-state index contributed by atoms with van der Waals surface area (Å²) < 4.78 is 0. The Morgan fingerprint density at radius 2 is 1.31 bits per heavy atom. The van der Waals surface area contributed by atoms with E-state index in [0.29, 0.717) is 20.2 Å². The van der Waals surface area contributed by atoms with Gasteiger partial charge in [-0.25, -0.2) is 19.9 Å². The highest BCUT2D eigenvalue weighted by Crippen LogP contribution is 2.29. The third-order valence-corrected chi connectivity index (χ3v) is 4.59. The van der Waals surface area contributed by atoms with E-state index in [0.717, 1.165) is 11.8 Å². The van der Waals surface area contributed by atoms with Crippen molar-refractivity contribution < 1.29 is 9.85 Å². The van der Waals surface area contributed by atoms with E-state index in [4.69, 9.17) is 0 Å². The van der Waals surface area contributed by atoms with Crippen LogP contribution < -0.4 is 0 Å². The Hall–Kier alpha value is -3.12. The van der Waals surface area contributed by atoms with Gasteiger partial charge in [0.1, 0.15) is 27.5 Å². The van der Waals surface area contributed by atoms with Gasteiger partial charge in [-0.1, -0.05) is 0 Å². The molecule has 130 valence electrons. The second-order valence-corrected chi connectivity index (χ2v) is 6.63. The van der Waals surface area contributed by atoms with Crippen LogP contribution in [0.4, 0.5) is 11.4 Å². The van der Waals surface area contributed by atoms with E-state index in [1.807, 2.05) is 0 Å². The highest BCUT2D eigenvalue weighted by atomic mass is 32.2. The van der Waals surface area contributed by atoms with Gasteiger partial charge in [-0.3, -0.25) is 20.2 Å². The van der Waals surface area contributed by atoms with Gasteiger partial charge in [-0.05, 0) is 41.7 Å². The lowest BCUT2D eigenvalue weighted by atomic mass is 10.4. The Balaban J connectivity index is 1.71. The number of rotatable bonds is 6. The molecule has 0 saturated heterocycles. The SMILES string of the molecule is O=[N+]([O-])c1ccc(Sc2ccnc(Sc3ccc([N+](=O)[O-])cn3)n2)nc1. The minimum atomic E-state index is -0.521. The smallest absolute Gasteiger partial charge is 0.258 e. The molecule has 12 heteroatoms. The summed E-state index contributed by atoms with van der Waals surface area (Å²) in [7, 11) is 0. The predicted molar refractivity (Wildman–Crippen MR) is 92.1 cm³/mol. The van der Waals surface area contributed by atoms with Crippen LogP contribution in [0.15, 0.2) is 69.2 Å². The minimum Gasteiger partial charge on any atom is -0.258 e. The van der Waals surface area contributed by atoms with Gasteiger partial charge in [0.15, 0.2) is 5.16 Å². The van der Waals surface area contributed by atoms with Crippen LogP contribution in [-0.4, -0.2) is 29.8 Å². The van der Waals surface area contributed by atoms with Crippen LogP contribution in [0.3, 0.4) is 0 Å². The van der Waals surface area contributed by atoms with E-state index in [9.17, 15) is 20.2 Å². The van der Waals surface area contributed by atoms with Crippen molar-refractivity contribution in [3.63, 3.8) is 0 Å². The lowest BCUT2D eigenvalue weighted by molar-refractivity contribution is -0.385. The van der Waals surface area contributed by atoms with Crippen LogP contribution in [0.25, 0.3) is 0 Å². The molecule has 0 N–H and O–H groups in total. The van der Waals surface area contributed by atoms with Crippen LogP contribution in [0.1, 0.15) is 0 Å². The average Bonchev–Trinajstić information content (AvgIpc) is 2.63. The van der Waals surface area contributed by atoms with Gasteiger partial charge in [0.2, 0.25) is 0 Å². The lowest BCUT2D eigenvalue weighted by Gasteiger charge is -2.02. The van der Waals surface area contributed by atoms with Gasteiger partial charge in [0, 0.05) is 18.3 Å². The zero-order chi connectivity index (χ0) is 18.5. The molecule has 0 radical (unpaired) electrons. The Labute approximate surface area is 154 Å². The summed E-state index contributed by atoms with van der Waals surface area (Å²) in [4.78, 5) is 36.7. The maximum absolute atomic E-state index is 10.6. The molecule has 26 heavy (non-hydrogen) atoms. The molecule has 0 amide bonds. The van der Waals surface area contributed by atoms with E-state index < -0.39 is 9.85 Å². The first-order valence-electron chi connectivity index (χ1n) is 6.91. The summed E-state index contributed by atoms with van der Waals surface area (Å²) in [6, 6.07) is 7.46. The Morgan fingerprint density at radius 1 is 0.731 bits per heavy atom. The highest BCUT2D eigenvalue weighted by molar-refractivity contribution is 7.99. The van der Waals surface area contributed by atoms with Gasteiger partial charge in [-0.2, -0.15) is 0 Å². The highest BCUT2D eigenvalue weighted by Gasteiger charge is 2.10. The van der Waals surface area contributed by atoms with Crippen molar-refractivity contribution in [2.75, 3.05) is 0 Å². The molecule has 0 unspecified atom stereocenters. The van der Waals surface area contributed by atoms with Gasteiger partial charge < -0.3 is 0 Å². The zero-order valence-corrected chi connectivity index (χ0v) is 14.4. The third kappa shape index (κ3) is 4.49. The summed E-state index contributed by atoms with van der Waals surface area (Å²) in [6.07, 6.45) is 3.91. The number of nitro groups is 2. The summed E-state index contributed by atoms with van der Waals surface area (Å²) in [5.74, 6) is 0. The van der Waals surface area contributed by atoms with Crippen molar-refractivity contribution >= 4 is 34.9 Å². The van der Waals surface area contributed by atoms with E-state index in [2.05, 4.69) is 19.9 Å². The molecule has 3 aromatic rings. The third-order valence-electron chi connectivity index (χ3n) is 2.88. The molecule has 3 heterocycles.